The van der Waals surface area contributed by atoms with E-state index in [1.807, 2.05) is 6.92 Å². The first-order valence-electron chi connectivity index (χ1n) is 11.2. The Kier molecular flexibility index (Phi) is 8.16. The second-order valence-corrected chi connectivity index (χ2v) is 8.79. The summed E-state index contributed by atoms with van der Waals surface area (Å²) < 4.78 is 59.4. The summed E-state index contributed by atoms with van der Waals surface area (Å²) in [7, 11) is 1.52. The fraction of sp³-hybridized carbons (Fsp3) is 0.810. The summed E-state index contributed by atoms with van der Waals surface area (Å²) in [6, 6.07) is 0. The molecule has 1 aliphatic carbocycles. The molecule has 3 N–H and O–H groups in total. The van der Waals surface area contributed by atoms with E-state index in [1.54, 1.807) is 4.90 Å². The third kappa shape index (κ3) is 5.79. The van der Waals surface area contributed by atoms with Crippen LogP contribution in [-0.2, 0) is 4.74 Å². The molecule has 0 spiro atoms. The second kappa shape index (κ2) is 10.5. The number of nitrogens with zero attached hydrogens (tertiary/aromatic N) is 3. The average Bonchev–Trinajstić information content (AvgIpc) is 2.77. The summed E-state index contributed by atoms with van der Waals surface area (Å²) in [5.41, 5.74) is -1.17. The van der Waals surface area contributed by atoms with Crippen molar-refractivity contribution < 1.29 is 27.4 Å². The molecule has 2 atom stereocenters. The predicted molar refractivity (Wildman–Crippen MR) is 113 cm³/mol. The van der Waals surface area contributed by atoms with E-state index in [2.05, 4.69) is 20.6 Å². The van der Waals surface area contributed by atoms with Crippen LogP contribution in [0.4, 0.5) is 29.2 Å². The van der Waals surface area contributed by atoms with E-state index >= 15 is 4.39 Å². The molecular formula is C21H33F4N5O2. The number of aliphatic hydroxyl groups is 1. The summed E-state index contributed by atoms with van der Waals surface area (Å²) in [4.78, 5) is 9.83. The van der Waals surface area contributed by atoms with Crippen molar-refractivity contribution in [2.24, 2.45) is 11.8 Å². The first kappa shape index (κ1) is 24.9. The smallest absolute Gasteiger partial charge is 0.385 e. The predicted octanol–water partition coefficient (Wildman–Crippen LogP) is 2.96. The van der Waals surface area contributed by atoms with Crippen molar-refractivity contribution in [1.82, 2.24) is 15.3 Å². The maximum Gasteiger partial charge on any atom is 0.391 e. The van der Waals surface area contributed by atoms with Crippen LogP contribution in [0.5, 0.6) is 0 Å². The monoisotopic (exact) mass is 463 g/mol. The molecule has 11 heteroatoms. The Hall–Kier alpha value is -1.72. The fourth-order valence-corrected chi connectivity index (χ4v) is 4.68. The fourth-order valence-electron chi connectivity index (χ4n) is 4.68. The molecule has 0 radical (unpaired) electrons. The van der Waals surface area contributed by atoms with E-state index < -0.39 is 29.6 Å². The number of hydrogen-bond donors (Lipinski definition) is 3. The highest BCUT2D eigenvalue weighted by Crippen LogP contribution is 2.40. The standard InChI is InChI=1S/C21H33F4N5O2/c1-3-30(11-14-4-6-15(7-5-14)21(23,24)25)19-17(22)18(28-13-29-19)27-12-20(31)8-9-26-10-16(20)32-2/h13-16,26,31H,3-12H2,1-2H3,(H,27,28,29)/t14?,15?,16-,20-/m0/s1. The number of halogens is 4. The Labute approximate surface area is 185 Å². The maximum atomic E-state index is 15.2. The lowest BCUT2D eigenvalue weighted by atomic mass is 9.81. The molecule has 0 aromatic carbocycles. The van der Waals surface area contributed by atoms with Gasteiger partial charge in [-0.15, -0.1) is 0 Å². The zero-order chi connectivity index (χ0) is 23.4. The number of rotatable bonds is 8. The van der Waals surface area contributed by atoms with Crippen molar-refractivity contribution in [2.45, 2.75) is 56.9 Å². The van der Waals surface area contributed by atoms with Gasteiger partial charge in [0.2, 0.25) is 5.82 Å². The van der Waals surface area contributed by atoms with E-state index in [0.717, 1.165) is 0 Å². The van der Waals surface area contributed by atoms with Crippen LogP contribution in [0.25, 0.3) is 0 Å². The van der Waals surface area contributed by atoms with Crippen molar-refractivity contribution in [3.05, 3.63) is 12.1 Å². The van der Waals surface area contributed by atoms with Gasteiger partial charge in [0.15, 0.2) is 11.6 Å². The van der Waals surface area contributed by atoms with Gasteiger partial charge in [0.05, 0.1) is 12.0 Å². The Morgan fingerprint density at radius 1 is 1.28 bits per heavy atom. The Morgan fingerprint density at radius 3 is 2.62 bits per heavy atom. The van der Waals surface area contributed by atoms with Crippen molar-refractivity contribution >= 4 is 11.6 Å². The molecule has 1 aromatic rings. The van der Waals surface area contributed by atoms with Gasteiger partial charge < -0.3 is 25.4 Å². The van der Waals surface area contributed by atoms with Crippen LogP contribution in [0, 0.1) is 17.7 Å². The van der Waals surface area contributed by atoms with Crippen LogP contribution >= 0.6 is 0 Å². The minimum atomic E-state index is -4.14. The van der Waals surface area contributed by atoms with Gasteiger partial charge in [-0.3, -0.25) is 0 Å². The summed E-state index contributed by atoms with van der Waals surface area (Å²) in [6.45, 7) is 3.94. The van der Waals surface area contributed by atoms with Gasteiger partial charge in [-0.1, -0.05) is 0 Å². The topological polar surface area (TPSA) is 82.5 Å². The van der Waals surface area contributed by atoms with Gasteiger partial charge in [0, 0.05) is 33.3 Å². The van der Waals surface area contributed by atoms with Crippen LogP contribution in [0.2, 0.25) is 0 Å². The first-order valence-corrected chi connectivity index (χ1v) is 11.2. The molecule has 2 aliphatic rings. The number of piperidine rings is 1. The number of aromatic nitrogens is 2. The molecule has 1 saturated carbocycles. The highest BCUT2D eigenvalue weighted by molar-refractivity contribution is 5.51. The molecule has 0 unspecified atom stereocenters. The summed E-state index contributed by atoms with van der Waals surface area (Å²) in [5, 5.41) is 17.0. The van der Waals surface area contributed by atoms with Gasteiger partial charge in [0.1, 0.15) is 11.9 Å². The van der Waals surface area contributed by atoms with Crippen molar-refractivity contribution in [1.29, 1.82) is 0 Å². The number of ether oxygens (including phenoxy) is 1. The lowest BCUT2D eigenvalue weighted by Gasteiger charge is -2.39. The van der Waals surface area contributed by atoms with Crippen LogP contribution < -0.4 is 15.5 Å². The van der Waals surface area contributed by atoms with Crippen LogP contribution in [0.1, 0.15) is 39.0 Å². The number of methoxy groups -OCH3 is 1. The van der Waals surface area contributed by atoms with E-state index in [4.69, 9.17) is 4.74 Å². The molecule has 3 rings (SSSR count). The van der Waals surface area contributed by atoms with E-state index in [1.165, 1.54) is 13.4 Å². The molecule has 1 saturated heterocycles. The molecule has 32 heavy (non-hydrogen) atoms. The minimum absolute atomic E-state index is 0.0176. The van der Waals surface area contributed by atoms with Crippen molar-refractivity contribution in [3.8, 4) is 0 Å². The molecule has 2 heterocycles. The number of anilines is 2. The largest absolute Gasteiger partial charge is 0.391 e. The quantitative estimate of drug-likeness (QED) is 0.512. The third-order valence-electron chi connectivity index (χ3n) is 6.75. The first-order chi connectivity index (χ1) is 15.2. The molecule has 1 aromatic heterocycles. The molecule has 0 bridgehead atoms. The Balaban J connectivity index is 1.64. The van der Waals surface area contributed by atoms with Gasteiger partial charge in [0.25, 0.3) is 0 Å². The molecule has 182 valence electrons. The second-order valence-electron chi connectivity index (χ2n) is 8.79. The van der Waals surface area contributed by atoms with E-state index in [9.17, 15) is 18.3 Å². The van der Waals surface area contributed by atoms with Crippen LogP contribution in [-0.4, -0.2) is 72.8 Å². The minimum Gasteiger partial charge on any atom is -0.385 e. The highest BCUT2D eigenvalue weighted by Gasteiger charge is 2.42. The van der Waals surface area contributed by atoms with Crippen molar-refractivity contribution in [2.75, 3.05) is 50.1 Å². The molecular weight excluding hydrogens is 430 g/mol. The van der Waals surface area contributed by atoms with Gasteiger partial charge in [-0.05, 0) is 51.5 Å². The van der Waals surface area contributed by atoms with Crippen LogP contribution in [0.15, 0.2) is 6.33 Å². The number of nitrogens with one attached hydrogen (secondary N) is 2. The highest BCUT2D eigenvalue weighted by atomic mass is 19.4. The summed E-state index contributed by atoms with van der Waals surface area (Å²) in [6.07, 6.45) is -1.75. The lowest BCUT2D eigenvalue weighted by molar-refractivity contribution is -0.183. The zero-order valence-corrected chi connectivity index (χ0v) is 18.6. The molecule has 2 fully saturated rings. The third-order valence-corrected chi connectivity index (χ3v) is 6.75. The normalized spacial score (nSPS) is 29.0. The Morgan fingerprint density at radius 2 is 2.00 bits per heavy atom. The number of hydrogen-bond acceptors (Lipinski definition) is 7. The zero-order valence-electron chi connectivity index (χ0n) is 18.6. The van der Waals surface area contributed by atoms with Gasteiger partial charge in [-0.25, -0.2) is 9.97 Å². The SMILES string of the molecule is CCN(CC1CCC(C(F)(F)F)CC1)c1ncnc(NC[C@@]2(O)CCNC[C@@H]2OC)c1F. The summed E-state index contributed by atoms with van der Waals surface area (Å²) >= 11 is 0. The van der Waals surface area contributed by atoms with Crippen molar-refractivity contribution in [3.63, 3.8) is 0 Å². The van der Waals surface area contributed by atoms with Crippen LogP contribution in [0.3, 0.4) is 0 Å². The molecule has 0 amide bonds. The van der Waals surface area contributed by atoms with Gasteiger partial charge >= 0.3 is 6.18 Å². The number of alkyl halides is 3. The maximum absolute atomic E-state index is 15.2. The van der Waals surface area contributed by atoms with Gasteiger partial charge in [-0.2, -0.15) is 17.6 Å². The molecule has 7 nitrogen and oxygen atoms in total. The Bertz CT molecular complexity index is 745. The molecule has 1 aliphatic heterocycles. The van der Waals surface area contributed by atoms with E-state index in [-0.39, 0.29) is 36.9 Å². The average molecular weight is 464 g/mol. The lowest BCUT2D eigenvalue weighted by Crippen LogP contribution is -2.58. The summed E-state index contributed by atoms with van der Waals surface area (Å²) in [5.74, 6) is -1.72. The van der Waals surface area contributed by atoms with E-state index in [0.29, 0.717) is 45.4 Å².